The van der Waals surface area contributed by atoms with Gasteiger partial charge in [0.05, 0.1) is 5.69 Å². The molecule has 23 heavy (non-hydrogen) atoms. The third kappa shape index (κ3) is 2.59. The van der Waals surface area contributed by atoms with E-state index in [2.05, 4.69) is 65.0 Å². The standard InChI is InChI=1S/C21H23NO/c1-14-8-9-16(21(3,4)5)11-17(14)18-12-19-15(2)7-6-10-22(19)20(18)13-23/h6-13H,1-5H3. The van der Waals surface area contributed by atoms with E-state index in [0.717, 1.165) is 28.6 Å². The SMILES string of the molecule is Cc1ccc(C(C)(C)C)cc1-c1cc2c(C)cccn2c1C=O. The summed E-state index contributed by atoms with van der Waals surface area (Å²) in [4.78, 5) is 11.8. The van der Waals surface area contributed by atoms with E-state index in [-0.39, 0.29) is 5.41 Å². The Morgan fingerprint density at radius 3 is 2.35 bits per heavy atom. The highest BCUT2D eigenvalue weighted by molar-refractivity contribution is 5.91. The third-order valence-electron chi connectivity index (χ3n) is 4.57. The highest BCUT2D eigenvalue weighted by Crippen LogP contribution is 2.34. The van der Waals surface area contributed by atoms with Crippen LogP contribution >= 0.6 is 0 Å². The lowest BCUT2D eigenvalue weighted by Gasteiger charge is -2.20. The average Bonchev–Trinajstić information content (AvgIpc) is 2.86. The van der Waals surface area contributed by atoms with Gasteiger partial charge in [-0.25, -0.2) is 0 Å². The van der Waals surface area contributed by atoms with Gasteiger partial charge in [-0.15, -0.1) is 0 Å². The van der Waals surface area contributed by atoms with Gasteiger partial charge in [0, 0.05) is 17.3 Å². The maximum Gasteiger partial charge on any atom is 0.167 e. The second-order valence-electron chi connectivity index (χ2n) is 7.29. The number of carbonyl (C=O) groups excluding carboxylic acids is 1. The topological polar surface area (TPSA) is 21.5 Å². The van der Waals surface area contributed by atoms with E-state index in [1.54, 1.807) is 0 Å². The predicted octanol–water partition coefficient (Wildman–Crippen LogP) is 5.33. The fourth-order valence-corrected chi connectivity index (χ4v) is 3.08. The second-order valence-corrected chi connectivity index (χ2v) is 7.29. The summed E-state index contributed by atoms with van der Waals surface area (Å²) >= 11 is 0. The number of aldehydes is 1. The first-order chi connectivity index (χ1) is 10.8. The first-order valence-electron chi connectivity index (χ1n) is 8.00. The van der Waals surface area contributed by atoms with Gasteiger partial charge >= 0.3 is 0 Å². The monoisotopic (exact) mass is 305 g/mol. The molecular formula is C21H23NO. The van der Waals surface area contributed by atoms with E-state index >= 15 is 0 Å². The summed E-state index contributed by atoms with van der Waals surface area (Å²) in [7, 11) is 0. The van der Waals surface area contributed by atoms with Crippen molar-refractivity contribution in [2.45, 2.75) is 40.0 Å². The number of fused-ring (bicyclic) bond motifs is 1. The molecule has 1 aromatic carbocycles. The molecule has 3 aromatic rings. The molecule has 0 bridgehead atoms. The molecule has 2 aromatic heterocycles. The maximum absolute atomic E-state index is 11.8. The molecule has 0 fully saturated rings. The fourth-order valence-electron chi connectivity index (χ4n) is 3.08. The van der Waals surface area contributed by atoms with E-state index in [0.29, 0.717) is 0 Å². The van der Waals surface area contributed by atoms with Crippen LogP contribution in [0.2, 0.25) is 0 Å². The molecule has 0 aliphatic carbocycles. The average molecular weight is 305 g/mol. The summed E-state index contributed by atoms with van der Waals surface area (Å²) in [5.74, 6) is 0. The Morgan fingerprint density at radius 2 is 1.70 bits per heavy atom. The summed E-state index contributed by atoms with van der Waals surface area (Å²) in [6.07, 6.45) is 2.92. The van der Waals surface area contributed by atoms with Crippen molar-refractivity contribution in [3.8, 4) is 11.1 Å². The zero-order valence-electron chi connectivity index (χ0n) is 14.5. The largest absolute Gasteiger partial charge is 0.313 e. The van der Waals surface area contributed by atoms with Gasteiger partial charge in [0.1, 0.15) is 0 Å². The summed E-state index contributed by atoms with van der Waals surface area (Å²) in [5.41, 5.74) is 7.69. The molecule has 3 rings (SSSR count). The van der Waals surface area contributed by atoms with Crippen molar-refractivity contribution >= 4 is 11.8 Å². The molecular weight excluding hydrogens is 282 g/mol. The Labute approximate surface area is 137 Å². The highest BCUT2D eigenvalue weighted by Gasteiger charge is 2.18. The Kier molecular flexibility index (Phi) is 3.63. The molecule has 0 unspecified atom stereocenters. The zero-order valence-corrected chi connectivity index (χ0v) is 14.5. The van der Waals surface area contributed by atoms with E-state index in [1.165, 1.54) is 16.7 Å². The van der Waals surface area contributed by atoms with Crippen LogP contribution < -0.4 is 0 Å². The number of carbonyl (C=O) groups is 1. The molecule has 0 spiro atoms. The molecule has 0 radical (unpaired) electrons. The summed E-state index contributed by atoms with van der Waals surface area (Å²) in [5, 5.41) is 0. The maximum atomic E-state index is 11.8. The van der Waals surface area contributed by atoms with Crippen LogP contribution in [0.3, 0.4) is 0 Å². The number of hydrogen-bond donors (Lipinski definition) is 0. The number of rotatable bonds is 2. The van der Waals surface area contributed by atoms with Crippen LogP contribution in [0.15, 0.2) is 42.6 Å². The smallest absolute Gasteiger partial charge is 0.167 e. The van der Waals surface area contributed by atoms with Gasteiger partial charge in [0.25, 0.3) is 0 Å². The van der Waals surface area contributed by atoms with E-state index in [1.807, 2.05) is 16.7 Å². The Morgan fingerprint density at radius 1 is 0.957 bits per heavy atom. The van der Waals surface area contributed by atoms with Crippen molar-refractivity contribution in [2.24, 2.45) is 0 Å². The fraction of sp³-hybridized carbons (Fsp3) is 0.286. The van der Waals surface area contributed by atoms with E-state index < -0.39 is 0 Å². The minimum absolute atomic E-state index is 0.0822. The van der Waals surface area contributed by atoms with Crippen molar-refractivity contribution in [2.75, 3.05) is 0 Å². The number of pyridine rings is 1. The Hall–Kier alpha value is -2.35. The lowest BCUT2D eigenvalue weighted by molar-refractivity contribution is 0.111. The third-order valence-corrected chi connectivity index (χ3v) is 4.57. The van der Waals surface area contributed by atoms with Gasteiger partial charge < -0.3 is 4.40 Å². The number of aromatic nitrogens is 1. The van der Waals surface area contributed by atoms with Gasteiger partial charge in [-0.05, 0) is 53.6 Å². The molecule has 2 heterocycles. The van der Waals surface area contributed by atoms with E-state index in [9.17, 15) is 4.79 Å². The van der Waals surface area contributed by atoms with Crippen molar-refractivity contribution < 1.29 is 4.79 Å². The number of nitrogens with zero attached hydrogens (tertiary/aromatic N) is 1. The zero-order chi connectivity index (χ0) is 16.8. The minimum atomic E-state index is 0.0822. The van der Waals surface area contributed by atoms with Crippen LogP contribution in [-0.4, -0.2) is 10.7 Å². The van der Waals surface area contributed by atoms with Crippen molar-refractivity contribution in [3.05, 3.63) is 65.0 Å². The minimum Gasteiger partial charge on any atom is -0.313 e. The summed E-state index contributed by atoms with van der Waals surface area (Å²) in [6, 6.07) is 12.8. The first kappa shape index (κ1) is 15.5. The first-order valence-corrected chi connectivity index (χ1v) is 8.00. The molecule has 0 saturated carbocycles. The number of hydrogen-bond acceptors (Lipinski definition) is 1. The van der Waals surface area contributed by atoms with Crippen molar-refractivity contribution in [1.29, 1.82) is 0 Å². The van der Waals surface area contributed by atoms with Crippen molar-refractivity contribution in [1.82, 2.24) is 4.40 Å². The van der Waals surface area contributed by atoms with Gasteiger partial charge in [-0.1, -0.05) is 45.0 Å². The Balaban J connectivity index is 2.33. The van der Waals surface area contributed by atoms with Crippen LogP contribution in [0.25, 0.3) is 16.6 Å². The number of benzene rings is 1. The Bertz CT molecular complexity index is 894. The van der Waals surface area contributed by atoms with Gasteiger partial charge in [-0.3, -0.25) is 4.79 Å². The normalized spacial score (nSPS) is 11.9. The van der Waals surface area contributed by atoms with Gasteiger partial charge in [-0.2, -0.15) is 0 Å². The summed E-state index contributed by atoms with van der Waals surface area (Å²) in [6.45, 7) is 10.8. The molecule has 2 heteroatoms. The second kappa shape index (κ2) is 5.38. The number of aryl methyl sites for hydroxylation is 2. The van der Waals surface area contributed by atoms with Crippen LogP contribution in [0.4, 0.5) is 0 Å². The molecule has 2 nitrogen and oxygen atoms in total. The van der Waals surface area contributed by atoms with Crippen molar-refractivity contribution in [3.63, 3.8) is 0 Å². The lowest BCUT2D eigenvalue weighted by atomic mass is 9.84. The molecule has 0 N–H and O–H groups in total. The van der Waals surface area contributed by atoms with Crippen LogP contribution in [0.5, 0.6) is 0 Å². The van der Waals surface area contributed by atoms with Crippen LogP contribution in [0, 0.1) is 13.8 Å². The molecule has 0 aliphatic heterocycles. The summed E-state index contributed by atoms with van der Waals surface area (Å²) < 4.78 is 1.99. The molecule has 0 amide bonds. The quantitative estimate of drug-likeness (QED) is 0.586. The van der Waals surface area contributed by atoms with Crippen LogP contribution in [0.1, 0.15) is 48.0 Å². The molecule has 0 atom stereocenters. The highest BCUT2D eigenvalue weighted by atomic mass is 16.1. The van der Waals surface area contributed by atoms with E-state index in [4.69, 9.17) is 0 Å². The van der Waals surface area contributed by atoms with Gasteiger partial charge in [0.2, 0.25) is 0 Å². The lowest BCUT2D eigenvalue weighted by Crippen LogP contribution is -2.11. The molecule has 0 aliphatic rings. The molecule has 0 saturated heterocycles. The van der Waals surface area contributed by atoms with Crippen LogP contribution in [-0.2, 0) is 5.41 Å². The van der Waals surface area contributed by atoms with Gasteiger partial charge in [0.15, 0.2) is 6.29 Å². The molecule has 118 valence electrons. The predicted molar refractivity (Wildman–Crippen MR) is 96.4 cm³/mol.